The summed E-state index contributed by atoms with van der Waals surface area (Å²) in [7, 11) is 1.65. The average molecular weight is 653 g/mol. The van der Waals surface area contributed by atoms with Gasteiger partial charge in [-0.2, -0.15) is 4.99 Å². The molecule has 46 heavy (non-hydrogen) atoms. The molecule has 0 unspecified atom stereocenters. The Morgan fingerprint density at radius 2 is 1.78 bits per heavy atom. The van der Waals surface area contributed by atoms with E-state index >= 15 is 0 Å². The largest absolute Gasteiger partial charge is 0.573 e. The van der Waals surface area contributed by atoms with Crippen LogP contribution >= 0.6 is 11.8 Å². The Balaban J connectivity index is 1.08. The monoisotopic (exact) mass is 652 g/mol. The third-order valence-electron chi connectivity index (χ3n) is 7.33. The minimum absolute atomic E-state index is 0.302. The number of aryl methyl sites for hydroxylation is 1. The maximum Gasteiger partial charge on any atom is 0.573 e. The predicted molar refractivity (Wildman–Crippen MR) is 174 cm³/mol. The molecule has 1 aliphatic rings. The van der Waals surface area contributed by atoms with Crippen LogP contribution in [0.1, 0.15) is 43.7 Å². The molecule has 1 aromatic heterocycles. The topological polar surface area (TPSA) is 93.9 Å². The second kappa shape index (κ2) is 14.7. The zero-order chi connectivity index (χ0) is 32.7. The second-order valence-electron chi connectivity index (χ2n) is 10.9. The van der Waals surface area contributed by atoms with Crippen LogP contribution < -0.4 is 19.7 Å². The first-order chi connectivity index (χ1) is 22.1. The Morgan fingerprint density at radius 1 is 1.04 bits per heavy atom. The van der Waals surface area contributed by atoms with Gasteiger partial charge >= 0.3 is 12.4 Å². The smallest absolute Gasteiger partial charge is 0.497 e. The molecular formula is C33H35F3N6O3S. The summed E-state index contributed by atoms with van der Waals surface area (Å²) >= 11 is 1.58. The summed E-state index contributed by atoms with van der Waals surface area (Å²) in [5.41, 5.74) is 4.72. The number of ether oxygens (including phenoxy) is 2. The molecule has 0 radical (unpaired) electrons. The number of carbonyl (C=O) groups is 1. The lowest BCUT2D eigenvalue weighted by Crippen LogP contribution is -2.28. The van der Waals surface area contributed by atoms with E-state index in [0.717, 1.165) is 54.1 Å². The highest BCUT2D eigenvalue weighted by molar-refractivity contribution is 8.14. The zero-order valence-electron chi connectivity index (χ0n) is 25.8. The molecule has 242 valence electrons. The number of aliphatic imine (C=N–C) groups is 1. The van der Waals surface area contributed by atoms with Gasteiger partial charge in [-0.25, -0.2) is 14.5 Å². The van der Waals surface area contributed by atoms with Crippen molar-refractivity contribution in [3.8, 4) is 28.6 Å². The number of hydrogen-bond acceptors (Lipinski definition) is 6. The summed E-state index contributed by atoms with van der Waals surface area (Å²) in [4.78, 5) is 23.5. The molecule has 1 saturated heterocycles. The van der Waals surface area contributed by atoms with E-state index in [-0.39, 0.29) is 11.8 Å². The molecule has 13 heteroatoms. The van der Waals surface area contributed by atoms with Gasteiger partial charge in [0, 0.05) is 36.2 Å². The average Bonchev–Trinajstić information content (AvgIpc) is 3.71. The van der Waals surface area contributed by atoms with Gasteiger partial charge in [-0.1, -0.05) is 55.9 Å². The maximum absolute atomic E-state index is 12.7. The van der Waals surface area contributed by atoms with Crippen LogP contribution in [0.25, 0.3) is 17.1 Å². The Kier molecular flexibility index (Phi) is 10.5. The summed E-state index contributed by atoms with van der Waals surface area (Å²) in [5, 5.41) is 8.06. The Morgan fingerprint density at radius 3 is 2.48 bits per heavy atom. The molecule has 1 aliphatic heterocycles. The van der Waals surface area contributed by atoms with Gasteiger partial charge in [0.15, 0.2) is 11.0 Å². The number of unbranched alkanes of at least 4 members (excludes halogenated alkanes) is 1. The van der Waals surface area contributed by atoms with Gasteiger partial charge < -0.3 is 19.7 Å². The first-order valence-corrected chi connectivity index (χ1v) is 15.9. The molecule has 0 spiro atoms. The SMILES string of the molecule is COc1ccc(C(C)C)c(N2CCS/C2=N\C(=O)NCCCCc2ccc(-c3ncn(-c4ccc(OC(F)(F)F)cc4)n3)cc2)c1. The predicted octanol–water partition coefficient (Wildman–Crippen LogP) is 7.61. The molecular weight excluding hydrogens is 617 g/mol. The van der Waals surface area contributed by atoms with Crippen LogP contribution in [0.4, 0.5) is 23.7 Å². The van der Waals surface area contributed by atoms with Crippen LogP contribution in [-0.4, -0.2) is 58.3 Å². The fourth-order valence-electron chi connectivity index (χ4n) is 5.01. The molecule has 0 atom stereocenters. The molecule has 3 aromatic carbocycles. The van der Waals surface area contributed by atoms with Crippen molar-refractivity contribution in [1.29, 1.82) is 0 Å². The first-order valence-electron chi connectivity index (χ1n) is 14.9. The zero-order valence-corrected chi connectivity index (χ0v) is 26.6. The highest BCUT2D eigenvalue weighted by Gasteiger charge is 2.31. The number of nitrogens with one attached hydrogen (secondary N) is 1. The number of nitrogens with zero attached hydrogens (tertiary/aromatic N) is 5. The number of halogens is 3. The number of alkyl halides is 3. The summed E-state index contributed by atoms with van der Waals surface area (Å²) in [6.07, 6.45) is -0.697. The summed E-state index contributed by atoms with van der Waals surface area (Å²) in [5.74, 6) is 2.14. The van der Waals surface area contributed by atoms with Gasteiger partial charge in [0.25, 0.3) is 0 Å². The quantitative estimate of drug-likeness (QED) is 0.167. The lowest BCUT2D eigenvalue weighted by atomic mass is 10.00. The molecule has 9 nitrogen and oxygen atoms in total. The molecule has 0 aliphatic carbocycles. The number of anilines is 1. The lowest BCUT2D eigenvalue weighted by molar-refractivity contribution is -0.274. The molecule has 0 saturated carbocycles. The summed E-state index contributed by atoms with van der Waals surface area (Å²) in [6, 6.07) is 19.0. The van der Waals surface area contributed by atoms with E-state index in [4.69, 9.17) is 4.74 Å². The van der Waals surface area contributed by atoms with Crippen LogP contribution in [0.5, 0.6) is 11.5 Å². The van der Waals surface area contributed by atoms with Crippen molar-refractivity contribution < 1.29 is 27.4 Å². The maximum atomic E-state index is 12.7. The van der Waals surface area contributed by atoms with Crippen LogP contribution in [0, 0.1) is 0 Å². The van der Waals surface area contributed by atoms with E-state index in [1.807, 2.05) is 36.4 Å². The fraction of sp³-hybridized carbons (Fsp3) is 0.333. The number of rotatable bonds is 11. The van der Waals surface area contributed by atoms with Crippen LogP contribution in [0.15, 0.2) is 78.0 Å². The fourth-order valence-corrected chi connectivity index (χ4v) is 5.96. The normalized spacial score (nSPS) is 14.2. The summed E-state index contributed by atoms with van der Waals surface area (Å²) < 4.78 is 48.1. The van der Waals surface area contributed by atoms with E-state index in [2.05, 4.69) is 49.9 Å². The second-order valence-corrected chi connectivity index (χ2v) is 12.0. The van der Waals surface area contributed by atoms with Crippen molar-refractivity contribution in [2.75, 3.05) is 30.9 Å². The number of benzene rings is 3. The standard InChI is InChI=1S/C33H35F3N6O3S/c1-22(2)28-16-15-27(44-3)20-29(28)41-18-19-46-32(41)39-31(43)37-17-5-4-6-23-7-9-24(10-8-23)30-38-21-42(40-30)25-11-13-26(14-12-25)45-33(34,35)36/h7-16,20-22H,4-6,17-19H2,1-3H3,(H,37,43)/b39-32-. The number of urea groups is 1. The van der Waals surface area contributed by atoms with Gasteiger partial charge in [0.2, 0.25) is 0 Å². The van der Waals surface area contributed by atoms with Gasteiger partial charge in [-0.05, 0) is 66.6 Å². The van der Waals surface area contributed by atoms with Crippen molar-refractivity contribution in [3.05, 3.63) is 84.2 Å². The number of thioether (sulfide) groups is 1. The lowest BCUT2D eigenvalue weighted by Gasteiger charge is -2.23. The van der Waals surface area contributed by atoms with Crippen molar-refractivity contribution in [1.82, 2.24) is 20.1 Å². The number of hydrogen-bond donors (Lipinski definition) is 1. The van der Waals surface area contributed by atoms with E-state index in [1.165, 1.54) is 40.8 Å². The van der Waals surface area contributed by atoms with Crippen LogP contribution in [0.3, 0.4) is 0 Å². The number of aromatic nitrogens is 3. The van der Waals surface area contributed by atoms with Gasteiger partial charge in [-0.3, -0.25) is 0 Å². The van der Waals surface area contributed by atoms with Gasteiger partial charge in [0.05, 0.1) is 12.8 Å². The molecule has 4 aromatic rings. The molecule has 2 heterocycles. The molecule has 1 fully saturated rings. The molecule has 5 rings (SSSR count). The molecule has 1 N–H and O–H groups in total. The van der Waals surface area contributed by atoms with E-state index in [9.17, 15) is 18.0 Å². The third-order valence-corrected chi connectivity index (χ3v) is 8.29. The third kappa shape index (κ3) is 8.59. The van der Waals surface area contributed by atoms with Gasteiger partial charge in [-0.15, -0.1) is 18.3 Å². The van der Waals surface area contributed by atoms with Crippen molar-refractivity contribution in [2.45, 2.75) is 45.4 Å². The first kappa shape index (κ1) is 32.9. The number of amides is 2. The highest BCUT2D eigenvalue weighted by Crippen LogP contribution is 2.35. The van der Waals surface area contributed by atoms with E-state index < -0.39 is 6.36 Å². The van der Waals surface area contributed by atoms with Crippen molar-refractivity contribution >= 4 is 28.6 Å². The molecule has 2 amide bonds. The minimum atomic E-state index is -4.74. The Bertz CT molecular complexity index is 1660. The van der Waals surface area contributed by atoms with E-state index in [1.54, 1.807) is 18.9 Å². The highest BCUT2D eigenvalue weighted by atomic mass is 32.2. The Labute approximate surface area is 269 Å². The van der Waals surface area contributed by atoms with Crippen molar-refractivity contribution in [2.24, 2.45) is 4.99 Å². The minimum Gasteiger partial charge on any atom is -0.497 e. The number of methoxy groups -OCH3 is 1. The number of amidine groups is 1. The molecule has 0 bridgehead atoms. The van der Waals surface area contributed by atoms with Crippen molar-refractivity contribution in [3.63, 3.8) is 0 Å². The van der Waals surface area contributed by atoms with Crippen LogP contribution in [0.2, 0.25) is 0 Å². The van der Waals surface area contributed by atoms with E-state index in [0.29, 0.717) is 29.1 Å². The van der Waals surface area contributed by atoms with Gasteiger partial charge in [0.1, 0.15) is 17.8 Å². The number of carbonyl (C=O) groups excluding carboxylic acids is 1. The Hall–Kier alpha value is -4.52. The van der Waals surface area contributed by atoms with Crippen LogP contribution in [-0.2, 0) is 6.42 Å². The summed E-state index contributed by atoms with van der Waals surface area (Å²) in [6.45, 7) is 5.60.